The Morgan fingerprint density at radius 1 is 1.10 bits per heavy atom. The fourth-order valence-corrected chi connectivity index (χ4v) is 2.14. The van der Waals surface area contributed by atoms with E-state index in [4.69, 9.17) is 5.39 Å². The molecule has 7 heteroatoms. The lowest BCUT2D eigenvalue weighted by atomic mass is 10.1. The summed E-state index contributed by atoms with van der Waals surface area (Å²) in [5.74, 6) is -2.21. The number of diazo groups is 1. The normalized spacial score (nSPS) is 9.95. The zero-order chi connectivity index (χ0) is 15.6. The molecule has 0 radical (unpaired) electrons. The molecule has 0 unspecified atom stereocenters. The molecule has 0 aromatic heterocycles. The highest BCUT2D eigenvalue weighted by atomic mass is 16.5. The van der Waals surface area contributed by atoms with Crippen LogP contribution in [0.15, 0.2) is 24.3 Å². The number of methoxy groups -OCH3 is 2. The van der Waals surface area contributed by atoms with Gasteiger partial charge in [0.1, 0.15) is 0 Å². The molecule has 0 fully saturated rings. The van der Waals surface area contributed by atoms with E-state index < -0.39 is 17.7 Å². The minimum atomic E-state index is -0.883. The summed E-state index contributed by atoms with van der Waals surface area (Å²) in [4.78, 5) is 26.8. The van der Waals surface area contributed by atoms with Gasteiger partial charge < -0.3 is 14.6 Å². The van der Waals surface area contributed by atoms with Crippen LogP contribution in [0, 0.1) is 5.39 Å². The van der Waals surface area contributed by atoms with E-state index in [1.165, 1.54) is 24.3 Å². The van der Waals surface area contributed by atoms with Gasteiger partial charge in [0.15, 0.2) is 16.1 Å². The predicted molar refractivity (Wildman–Crippen MR) is 69.9 cm³/mol. The third kappa shape index (κ3) is 2.12. The molecule has 7 nitrogen and oxygen atoms in total. The minimum Gasteiger partial charge on any atom is -0.872 e. The van der Waals surface area contributed by atoms with E-state index in [-0.39, 0.29) is 27.9 Å². The van der Waals surface area contributed by atoms with Gasteiger partial charge in [0, 0.05) is 5.56 Å². The molecule has 0 amide bonds. The number of nitrogens with zero attached hydrogens (tertiary/aromatic N) is 2. The molecule has 0 saturated carbocycles. The summed E-state index contributed by atoms with van der Waals surface area (Å²) in [5, 5.41) is 21.3. The number of rotatable bonds is 2. The maximum atomic E-state index is 12.1. The first-order chi connectivity index (χ1) is 10.1. The van der Waals surface area contributed by atoms with E-state index in [1.54, 1.807) is 0 Å². The molecule has 0 spiro atoms. The molecule has 2 aliphatic carbocycles. The smallest absolute Gasteiger partial charge is 0.415 e. The van der Waals surface area contributed by atoms with E-state index in [0.717, 1.165) is 14.2 Å². The van der Waals surface area contributed by atoms with Crippen molar-refractivity contribution in [2.75, 3.05) is 14.2 Å². The van der Waals surface area contributed by atoms with Gasteiger partial charge >= 0.3 is 17.6 Å². The van der Waals surface area contributed by atoms with Gasteiger partial charge in [0.25, 0.3) is 0 Å². The summed E-state index contributed by atoms with van der Waals surface area (Å²) >= 11 is 0. The highest BCUT2D eigenvalue weighted by Crippen LogP contribution is 2.45. The van der Waals surface area contributed by atoms with Crippen molar-refractivity contribution in [1.29, 1.82) is 5.39 Å². The van der Waals surface area contributed by atoms with Gasteiger partial charge in [0.05, 0.1) is 14.2 Å². The monoisotopic (exact) mass is 286 g/mol. The summed E-state index contributed by atoms with van der Waals surface area (Å²) in [6, 6.07) is 5.69. The largest absolute Gasteiger partial charge is 0.872 e. The molecule has 0 aliphatic heterocycles. The topological polar surface area (TPSA) is 104 Å². The summed E-state index contributed by atoms with van der Waals surface area (Å²) in [5.41, 5.74) is -0.669. The van der Waals surface area contributed by atoms with Crippen molar-refractivity contribution in [3.8, 4) is 16.9 Å². The third-order valence-corrected chi connectivity index (χ3v) is 3.01. The average molecular weight is 286 g/mol. The van der Waals surface area contributed by atoms with Crippen molar-refractivity contribution in [3.05, 3.63) is 40.4 Å². The number of ether oxygens (including phenoxy) is 2. The predicted octanol–water partition coefficient (Wildman–Crippen LogP) is 1.92. The Bertz CT molecular complexity index is 748. The van der Waals surface area contributed by atoms with Crippen LogP contribution in [0.1, 0.15) is 20.7 Å². The standard InChI is InChI=1S/C14H10N2O5/c1-20-13(18)10-7-5-3-4-6-8(17)9(7)11(12(10)16-15)14(19)21-2/h3-6H,1-2H3. The molecule has 0 aromatic rings. The molecule has 0 saturated heterocycles. The van der Waals surface area contributed by atoms with E-state index in [1.807, 2.05) is 0 Å². The van der Waals surface area contributed by atoms with Gasteiger partial charge in [-0.05, 0) is 5.56 Å². The first kappa shape index (κ1) is 14.3. The average Bonchev–Trinajstić information content (AvgIpc) is 2.72. The number of hydrogen-bond acceptors (Lipinski definition) is 6. The SMILES string of the molecule is COC(=O)c1c2ccccc([O-])c-2c(C(=O)OC)c1[N+]#N. The first-order valence-corrected chi connectivity index (χ1v) is 5.84. The Morgan fingerprint density at radius 2 is 1.67 bits per heavy atom. The molecule has 106 valence electrons. The third-order valence-electron chi connectivity index (χ3n) is 3.01. The van der Waals surface area contributed by atoms with Gasteiger partial charge in [-0.15, -0.1) is 0 Å². The highest BCUT2D eigenvalue weighted by Gasteiger charge is 2.40. The maximum absolute atomic E-state index is 12.1. The Balaban J connectivity index is 2.99. The Kier molecular flexibility index (Phi) is 3.71. The minimum absolute atomic E-state index is 0.0555. The lowest BCUT2D eigenvalue weighted by Gasteiger charge is -2.09. The number of carbonyl (C=O) groups excluding carboxylic acids is 2. The van der Waals surface area contributed by atoms with E-state index >= 15 is 0 Å². The number of carbonyl (C=O) groups is 2. The van der Waals surface area contributed by atoms with Crippen molar-refractivity contribution in [2.24, 2.45) is 0 Å². The second-order valence-electron chi connectivity index (χ2n) is 4.05. The Labute approximate surface area is 119 Å². The van der Waals surface area contributed by atoms with Crippen molar-refractivity contribution < 1.29 is 24.2 Å². The van der Waals surface area contributed by atoms with Crippen LogP contribution in [-0.2, 0) is 9.47 Å². The quantitative estimate of drug-likeness (QED) is 0.617. The lowest BCUT2D eigenvalue weighted by Crippen LogP contribution is -2.03. The van der Waals surface area contributed by atoms with Gasteiger partial charge in [0.2, 0.25) is 5.39 Å². The summed E-state index contributed by atoms with van der Waals surface area (Å²) in [7, 11) is 2.26. The number of hydrogen-bond donors (Lipinski definition) is 0. The lowest BCUT2D eigenvalue weighted by molar-refractivity contribution is -0.267. The van der Waals surface area contributed by atoms with Crippen LogP contribution in [-0.4, -0.2) is 26.2 Å². The zero-order valence-corrected chi connectivity index (χ0v) is 11.2. The fourth-order valence-electron chi connectivity index (χ4n) is 2.14. The van der Waals surface area contributed by atoms with Crippen LogP contribution in [0.2, 0.25) is 0 Å². The molecule has 0 aromatic carbocycles. The Hall–Kier alpha value is -3.14. The molecule has 21 heavy (non-hydrogen) atoms. The summed E-state index contributed by atoms with van der Waals surface area (Å²) < 4.78 is 9.22. The molecule has 0 bridgehead atoms. The van der Waals surface area contributed by atoms with Gasteiger partial charge in [-0.25, -0.2) is 9.59 Å². The summed E-state index contributed by atoms with van der Waals surface area (Å²) in [6.45, 7) is 0. The van der Waals surface area contributed by atoms with Gasteiger partial charge in [-0.2, -0.15) is 0 Å². The molecule has 0 atom stereocenters. The van der Waals surface area contributed by atoms with Crippen molar-refractivity contribution >= 4 is 17.6 Å². The molecule has 0 N–H and O–H groups in total. The van der Waals surface area contributed by atoms with E-state index in [2.05, 4.69) is 14.4 Å². The molecular formula is C14H10N2O5. The molecular weight excluding hydrogens is 276 g/mol. The van der Waals surface area contributed by atoms with Crippen molar-refractivity contribution in [3.63, 3.8) is 0 Å². The van der Waals surface area contributed by atoms with E-state index in [9.17, 15) is 14.7 Å². The zero-order valence-electron chi connectivity index (χ0n) is 11.2. The Morgan fingerprint density at radius 3 is 2.24 bits per heavy atom. The second-order valence-corrected chi connectivity index (χ2v) is 4.05. The van der Waals surface area contributed by atoms with Crippen molar-refractivity contribution in [1.82, 2.24) is 0 Å². The van der Waals surface area contributed by atoms with Crippen LogP contribution >= 0.6 is 0 Å². The second kappa shape index (κ2) is 5.46. The fraction of sp³-hybridized carbons (Fsp3) is 0.143. The maximum Gasteiger partial charge on any atom is 0.415 e. The van der Waals surface area contributed by atoms with Crippen LogP contribution < -0.4 is 5.11 Å². The molecule has 2 rings (SSSR count). The van der Waals surface area contributed by atoms with Crippen LogP contribution in [0.5, 0.6) is 5.75 Å². The van der Waals surface area contributed by atoms with Crippen molar-refractivity contribution in [2.45, 2.75) is 0 Å². The first-order valence-electron chi connectivity index (χ1n) is 5.84. The van der Waals surface area contributed by atoms with Crippen LogP contribution in [0.25, 0.3) is 16.1 Å². The van der Waals surface area contributed by atoms with Crippen LogP contribution in [0.3, 0.4) is 0 Å². The number of fused-ring (bicyclic) bond motifs is 1. The van der Waals surface area contributed by atoms with Crippen LogP contribution in [0.4, 0.5) is 5.69 Å². The van der Waals surface area contributed by atoms with E-state index in [0.29, 0.717) is 0 Å². The molecule has 0 heterocycles. The summed E-state index contributed by atoms with van der Waals surface area (Å²) in [6.07, 6.45) is 0. The highest BCUT2D eigenvalue weighted by molar-refractivity contribution is 6.17. The van der Waals surface area contributed by atoms with Gasteiger partial charge in [-0.1, -0.05) is 30.0 Å². The number of esters is 2. The molecule has 2 aliphatic rings. The van der Waals surface area contributed by atoms with Gasteiger partial charge in [-0.3, -0.25) is 0 Å².